The molecule has 18 heavy (non-hydrogen) atoms. The summed E-state index contributed by atoms with van der Waals surface area (Å²) in [5.41, 5.74) is 0. The molecule has 0 bridgehead atoms. The average Bonchev–Trinajstić information content (AvgIpc) is 2.40. The Balaban J connectivity index is 1.71. The van der Waals surface area contributed by atoms with Crippen molar-refractivity contribution in [3.8, 4) is 0 Å². The number of halogens is 1. The third-order valence-corrected chi connectivity index (χ3v) is 4.84. The summed E-state index contributed by atoms with van der Waals surface area (Å²) in [6.45, 7) is 3.34. The number of hydrogen-bond donors (Lipinski definition) is 1. The molecule has 1 heterocycles. The fraction of sp³-hybridized carbons (Fsp3) is 0.643. The second kappa shape index (κ2) is 7.51. The Kier molecular flexibility index (Phi) is 5.99. The van der Waals surface area contributed by atoms with Gasteiger partial charge in [0.1, 0.15) is 0 Å². The van der Waals surface area contributed by atoms with Crippen LogP contribution in [0.4, 0.5) is 0 Å². The van der Waals surface area contributed by atoms with Gasteiger partial charge in [-0.05, 0) is 40.9 Å². The molecular weight excluding hydrogens is 308 g/mol. The second-order valence-electron chi connectivity index (χ2n) is 4.99. The summed E-state index contributed by atoms with van der Waals surface area (Å²) in [6.07, 6.45) is 8.79. The number of nitrogens with zero attached hydrogens (tertiary/aromatic N) is 1. The van der Waals surface area contributed by atoms with Crippen LogP contribution in [0.2, 0.25) is 0 Å². The summed E-state index contributed by atoms with van der Waals surface area (Å²) in [7, 11) is 0. The van der Waals surface area contributed by atoms with Gasteiger partial charge < -0.3 is 5.32 Å². The summed E-state index contributed by atoms with van der Waals surface area (Å²) >= 11 is 5.26. The molecule has 0 aromatic carbocycles. The van der Waals surface area contributed by atoms with Crippen LogP contribution in [0, 0.1) is 0 Å². The van der Waals surface area contributed by atoms with E-state index in [1.165, 1.54) is 32.1 Å². The Labute approximate surface area is 122 Å². The zero-order chi connectivity index (χ0) is 12.8. The molecule has 2 nitrogen and oxygen atoms in total. The first-order chi connectivity index (χ1) is 8.74. The Morgan fingerprint density at radius 2 is 2.17 bits per heavy atom. The smallest absolute Gasteiger partial charge is 0.0963 e. The summed E-state index contributed by atoms with van der Waals surface area (Å²) in [4.78, 5) is 4.40. The molecule has 2 rings (SSSR count). The van der Waals surface area contributed by atoms with E-state index in [-0.39, 0.29) is 0 Å². The van der Waals surface area contributed by atoms with Crippen molar-refractivity contribution < 1.29 is 0 Å². The molecule has 0 saturated heterocycles. The van der Waals surface area contributed by atoms with Crippen LogP contribution in [0.3, 0.4) is 0 Å². The lowest BCUT2D eigenvalue weighted by Crippen LogP contribution is -2.35. The van der Waals surface area contributed by atoms with Gasteiger partial charge in [-0.15, -0.1) is 11.8 Å². The maximum absolute atomic E-state index is 4.40. The van der Waals surface area contributed by atoms with Crippen molar-refractivity contribution in [2.45, 2.75) is 55.3 Å². The van der Waals surface area contributed by atoms with Crippen molar-refractivity contribution >= 4 is 27.7 Å². The number of hydrogen-bond acceptors (Lipinski definition) is 3. The van der Waals surface area contributed by atoms with Crippen LogP contribution in [0.15, 0.2) is 27.8 Å². The molecule has 100 valence electrons. The molecule has 1 N–H and O–H groups in total. The molecule has 1 aromatic rings. The highest BCUT2D eigenvalue weighted by Gasteiger charge is 2.14. The van der Waals surface area contributed by atoms with Gasteiger partial charge in [-0.3, -0.25) is 0 Å². The van der Waals surface area contributed by atoms with Crippen molar-refractivity contribution in [3.05, 3.63) is 22.8 Å². The van der Waals surface area contributed by atoms with Gasteiger partial charge in [-0.2, -0.15) is 0 Å². The fourth-order valence-electron chi connectivity index (χ4n) is 2.32. The molecule has 1 unspecified atom stereocenters. The van der Waals surface area contributed by atoms with E-state index in [1.54, 1.807) is 0 Å². The molecule has 0 amide bonds. The molecule has 1 aliphatic rings. The maximum Gasteiger partial charge on any atom is 0.0963 e. The predicted molar refractivity (Wildman–Crippen MR) is 82.1 cm³/mol. The lowest BCUT2D eigenvalue weighted by Gasteiger charge is -2.24. The predicted octanol–water partition coefficient (Wildman–Crippen LogP) is 4.25. The average molecular weight is 329 g/mol. The van der Waals surface area contributed by atoms with E-state index in [2.05, 4.69) is 45.3 Å². The quantitative estimate of drug-likeness (QED) is 0.818. The fourth-order valence-corrected chi connectivity index (χ4v) is 3.41. The van der Waals surface area contributed by atoms with Crippen molar-refractivity contribution in [2.75, 3.05) is 6.54 Å². The molecule has 0 radical (unpaired) electrons. The van der Waals surface area contributed by atoms with Crippen LogP contribution >= 0.6 is 27.7 Å². The first kappa shape index (κ1) is 14.4. The minimum absolute atomic E-state index is 0.570. The van der Waals surface area contributed by atoms with Crippen LogP contribution in [0.5, 0.6) is 0 Å². The van der Waals surface area contributed by atoms with Gasteiger partial charge >= 0.3 is 0 Å². The largest absolute Gasteiger partial charge is 0.313 e. The molecular formula is C14H21BrN2S. The van der Waals surface area contributed by atoms with E-state index in [1.807, 2.05) is 18.0 Å². The van der Waals surface area contributed by atoms with Crippen molar-refractivity contribution in [2.24, 2.45) is 0 Å². The van der Waals surface area contributed by atoms with Crippen molar-refractivity contribution in [1.82, 2.24) is 10.3 Å². The second-order valence-corrected chi connectivity index (χ2v) is 7.36. The van der Waals surface area contributed by atoms with Crippen LogP contribution in [0.25, 0.3) is 0 Å². The molecule has 0 spiro atoms. The van der Waals surface area contributed by atoms with E-state index >= 15 is 0 Å². The van der Waals surface area contributed by atoms with E-state index in [4.69, 9.17) is 0 Å². The van der Waals surface area contributed by atoms with Crippen molar-refractivity contribution in [3.63, 3.8) is 0 Å². The maximum atomic E-state index is 4.40. The number of aromatic nitrogens is 1. The lowest BCUT2D eigenvalue weighted by molar-refractivity contribution is 0.375. The van der Waals surface area contributed by atoms with Crippen LogP contribution in [-0.4, -0.2) is 22.8 Å². The summed E-state index contributed by atoms with van der Waals surface area (Å²) < 4.78 is 1.04. The van der Waals surface area contributed by atoms with Gasteiger partial charge in [0, 0.05) is 28.5 Å². The van der Waals surface area contributed by atoms with E-state index in [0.717, 1.165) is 22.1 Å². The Hall–Kier alpha value is -0.0600. The Morgan fingerprint density at radius 1 is 1.39 bits per heavy atom. The van der Waals surface area contributed by atoms with Crippen LogP contribution in [-0.2, 0) is 0 Å². The molecule has 4 heteroatoms. The van der Waals surface area contributed by atoms with Gasteiger partial charge in [0.2, 0.25) is 0 Å². The standard InChI is InChI=1S/C14H21BrN2S/c1-11(9-16-13-5-3-2-4-6-13)18-14-8-7-12(15)10-17-14/h7-8,10-11,13,16H,2-6,9H2,1H3. The minimum Gasteiger partial charge on any atom is -0.313 e. The Morgan fingerprint density at radius 3 is 2.83 bits per heavy atom. The van der Waals surface area contributed by atoms with Crippen molar-refractivity contribution in [1.29, 1.82) is 0 Å². The van der Waals surface area contributed by atoms with E-state index in [9.17, 15) is 0 Å². The Bertz CT molecular complexity index is 349. The summed E-state index contributed by atoms with van der Waals surface area (Å²) in [5, 5.41) is 5.37. The highest BCUT2D eigenvalue weighted by atomic mass is 79.9. The van der Waals surface area contributed by atoms with Gasteiger partial charge in [0.25, 0.3) is 0 Å². The van der Waals surface area contributed by atoms with Gasteiger partial charge in [-0.25, -0.2) is 4.98 Å². The van der Waals surface area contributed by atoms with E-state index in [0.29, 0.717) is 5.25 Å². The summed E-state index contributed by atoms with van der Waals surface area (Å²) in [6, 6.07) is 4.88. The topological polar surface area (TPSA) is 24.9 Å². The number of pyridine rings is 1. The van der Waals surface area contributed by atoms with E-state index < -0.39 is 0 Å². The van der Waals surface area contributed by atoms with Gasteiger partial charge in [0.15, 0.2) is 0 Å². The molecule has 1 fully saturated rings. The monoisotopic (exact) mass is 328 g/mol. The SMILES string of the molecule is CC(CNC1CCCCC1)Sc1ccc(Br)cn1. The highest BCUT2D eigenvalue weighted by Crippen LogP contribution is 2.23. The number of rotatable bonds is 5. The molecule has 1 aliphatic carbocycles. The van der Waals surface area contributed by atoms with Crippen LogP contribution < -0.4 is 5.32 Å². The third-order valence-electron chi connectivity index (χ3n) is 3.32. The lowest BCUT2D eigenvalue weighted by atomic mass is 9.95. The number of nitrogens with one attached hydrogen (secondary N) is 1. The zero-order valence-corrected chi connectivity index (χ0v) is 13.3. The molecule has 1 aromatic heterocycles. The number of thioether (sulfide) groups is 1. The molecule has 1 saturated carbocycles. The third kappa shape index (κ3) is 4.90. The highest BCUT2D eigenvalue weighted by molar-refractivity contribution is 9.10. The zero-order valence-electron chi connectivity index (χ0n) is 10.9. The normalized spacial score (nSPS) is 18.8. The van der Waals surface area contributed by atoms with Gasteiger partial charge in [0.05, 0.1) is 5.03 Å². The van der Waals surface area contributed by atoms with Crippen LogP contribution in [0.1, 0.15) is 39.0 Å². The molecule has 1 atom stereocenters. The summed E-state index contributed by atoms with van der Waals surface area (Å²) in [5.74, 6) is 0. The van der Waals surface area contributed by atoms with Gasteiger partial charge in [-0.1, -0.05) is 26.2 Å². The minimum atomic E-state index is 0.570. The first-order valence-corrected chi connectivity index (χ1v) is 8.43. The molecule has 0 aliphatic heterocycles. The first-order valence-electron chi connectivity index (χ1n) is 6.75.